The van der Waals surface area contributed by atoms with Crippen molar-refractivity contribution in [2.75, 3.05) is 6.61 Å². The molecular formula is C14H18O4. The maximum absolute atomic E-state index is 12.1. The normalized spacial score (nSPS) is 21.6. The topological polar surface area (TPSA) is 56.5 Å². The molecule has 0 radical (unpaired) electrons. The molecule has 0 saturated carbocycles. The molecule has 18 heavy (non-hydrogen) atoms. The number of aryl methyl sites for hydroxylation is 1. The van der Waals surface area contributed by atoms with E-state index in [2.05, 4.69) is 0 Å². The summed E-state index contributed by atoms with van der Waals surface area (Å²) in [5.74, 6) is 0.337. The molecule has 1 heterocycles. The largest absolute Gasteiger partial charge is 0.465 e. The smallest absolute Gasteiger partial charge is 0.317 e. The van der Waals surface area contributed by atoms with Gasteiger partial charge in [-0.3, -0.25) is 9.59 Å². The predicted molar refractivity (Wildman–Crippen MR) is 65.5 cm³/mol. The second kappa shape index (κ2) is 4.26. The van der Waals surface area contributed by atoms with E-state index in [1.165, 1.54) is 0 Å². The van der Waals surface area contributed by atoms with E-state index in [4.69, 9.17) is 9.15 Å². The van der Waals surface area contributed by atoms with Crippen LogP contribution in [0.4, 0.5) is 0 Å². The summed E-state index contributed by atoms with van der Waals surface area (Å²) in [6, 6.07) is 1.71. The summed E-state index contributed by atoms with van der Waals surface area (Å²) >= 11 is 0. The van der Waals surface area contributed by atoms with Gasteiger partial charge in [0.2, 0.25) is 0 Å². The Morgan fingerprint density at radius 1 is 1.56 bits per heavy atom. The highest BCUT2D eigenvalue weighted by Crippen LogP contribution is 2.46. The van der Waals surface area contributed by atoms with Crippen LogP contribution in [0.3, 0.4) is 0 Å². The fourth-order valence-electron chi connectivity index (χ4n) is 2.58. The van der Waals surface area contributed by atoms with Gasteiger partial charge in [0.05, 0.1) is 12.2 Å². The molecule has 0 aromatic carbocycles. The van der Waals surface area contributed by atoms with Crippen molar-refractivity contribution in [1.29, 1.82) is 0 Å². The molecule has 1 aliphatic carbocycles. The molecular weight excluding hydrogens is 232 g/mol. The van der Waals surface area contributed by atoms with E-state index in [0.717, 1.165) is 0 Å². The second-order valence-corrected chi connectivity index (χ2v) is 5.41. The van der Waals surface area contributed by atoms with E-state index in [1.807, 2.05) is 13.8 Å². The van der Waals surface area contributed by atoms with E-state index < -0.39 is 11.3 Å². The van der Waals surface area contributed by atoms with Crippen molar-refractivity contribution in [3.8, 4) is 0 Å². The highest BCUT2D eigenvalue weighted by atomic mass is 16.5. The number of carbonyl (C=O) groups is 2. The molecule has 1 atom stereocenters. The van der Waals surface area contributed by atoms with Gasteiger partial charge in [0.15, 0.2) is 5.78 Å². The van der Waals surface area contributed by atoms with E-state index in [1.54, 1.807) is 19.9 Å². The van der Waals surface area contributed by atoms with Gasteiger partial charge in [-0.2, -0.15) is 0 Å². The fourth-order valence-corrected chi connectivity index (χ4v) is 2.58. The Morgan fingerprint density at radius 2 is 2.22 bits per heavy atom. The van der Waals surface area contributed by atoms with Crippen LogP contribution in [0, 0.1) is 12.3 Å². The summed E-state index contributed by atoms with van der Waals surface area (Å²) in [4.78, 5) is 24.1. The molecule has 0 spiro atoms. The molecule has 98 valence electrons. The van der Waals surface area contributed by atoms with Crippen LogP contribution < -0.4 is 0 Å². The maximum Gasteiger partial charge on any atom is 0.317 e. The van der Waals surface area contributed by atoms with Crippen LogP contribution >= 0.6 is 0 Å². The molecule has 0 bridgehead atoms. The highest BCUT2D eigenvalue weighted by Gasteiger charge is 2.47. The van der Waals surface area contributed by atoms with Crippen LogP contribution in [0.5, 0.6) is 0 Å². The Morgan fingerprint density at radius 3 is 2.83 bits per heavy atom. The molecule has 0 saturated heterocycles. The number of ether oxygens (including phenoxy) is 1. The average molecular weight is 250 g/mol. The first-order valence-corrected chi connectivity index (χ1v) is 6.17. The second-order valence-electron chi connectivity index (χ2n) is 5.41. The van der Waals surface area contributed by atoms with Gasteiger partial charge in [-0.05, 0) is 25.3 Å². The zero-order valence-corrected chi connectivity index (χ0v) is 11.2. The monoisotopic (exact) mass is 250 g/mol. The number of ketones is 1. The average Bonchev–Trinajstić information content (AvgIpc) is 2.58. The first-order valence-electron chi connectivity index (χ1n) is 6.17. The van der Waals surface area contributed by atoms with Crippen molar-refractivity contribution in [2.45, 2.75) is 40.0 Å². The Hall–Kier alpha value is -1.58. The molecule has 0 aliphatic heterocycles. The van der Waals surface area contributed by atoms with E-state index >= 15 is 0 Å². The summed E-state index contributed by atoms with van der Waals surface area (Å²) in [5, 5.41) is 0. The van der Waals surface area contributed by atoms with Crippen molar-refractivity contribution in [3.63, 3.8) is 0 Å². The minimum absolute atomic E-state index is 0.0346. The molecule has 0 fully saturated rings. The number of Topliss-reactive ketones (excluding diaryl/α,β-unsaturated/α-hetero) is 1. The SMILES string of the molecule is CCOC(=O)C1c2oc(C)cc2C(=O)CC1(C)C. The van der Waals surface area contributed by atoms with Crippen LogP contribution in [-0.2, 0) is 9.53 Å². The van der Waals surface area contributed by atoms with Crippen LogP contribution in [0.25, 0.3) is 0 Å². The summed E-state index contributed by atoms with van der Waals surface area (Å²) in [7, 11) is 0. The van der Waals surface area contributed by atoms with Crippen molar-refractivity contribution < 1.29 is 18.7 Å². The summed E-state index contributed by atoms with van der Waals surface area (Å²) < 4.78 is 10.7. The van der Waals surface area contributed by atoms with Gasteiger partial charge >= 0.3 is 5.97 Å². The minimum Gasteiger partial charge on any atom is -0.465 e. The lowest BCUT2D eigenvalue weighted by atomic mass is 9.68. The van der Waals surface area contributed by atoms with Gasteiger partial charge in [0.1, 0.15) is 17.4 Å². The van der Waals surface area contributed by atoms with Crippen LogP contribution in [-0.4, -0.2) is 18.4 Å². The predicted octanol–water partition coefficient (Wildman–Crippen LogP) is 2.85. The highest BCUT2D eigenvalue weighted by molar-refractivity contribution is 6.01. The number of furan rings is 1. The van der Waals surface area contributed by atoms with E-state index in [-0.39, 0.29) is 11.8 Å². The summed E-state index contributed by atoms with van der Waals surface area (Å²) in [6.07, 6.45) is 0.336. The molecule has 1 aliphatic rings. The maximum atomic E-state index is 12.1. The Kier molecular flexibility index (Phi) is 3.05. The molecule has 4 nitrogen and oxygen atoms in total. The number of hydrogen-bond acceptors (Lipinski definition) is 4. The minimum atomic E-state index is -0.501. The van der Waals surface area contributed by atoms with Crippen molar-refractivity contribution in [2.24, 2.45) is 5.41 Å². The third-order valence-corrected chi connectivity index (χ3v) is 3.37. The van der Waals surface area contributed by atoms with Crippen LogP contribution in [0.1, 0.15) is 55.0 Å². The molecule has 1 unspecified atom stereocenters. The fraction of sp³-hybridized carbons (Fsp3) is 0.571. The van der Waals surface area contributed by atoms with E-state index in [0.29, 0.717) is 30.1 Å². The lowest BCUT2D eigenvalue weighted by Gasteiger charge is -2.34. The first-order chi connectivity index (χ1) is 8.36. The Bertz CT molecular complexity index is 496. The third-order valence-electron chi connectivity index (χ3n) is 3.37. The van der Waals surface area contributed by atoms with Crippen molar-refractivity contribution >= 4 is 11.8 Å². The van der Waals surface area contributed by atoms with E-state index in [9.17, 15) is 9.59 Å². The molecule has 0 amide bonds. The van der Waals surface area contributed by atoms with Gasteiger partial charge in [-0.15, -0.1) is 0 Å². The van der Waals surface area contributed by atoms with Crippen LogP contribution in [0.2, 0.25) is 0 Å². The van der Waals surface area contributed by atoms with Gasteiger partial charge in [0.25, 0.3) is 0 Å². The molecule has 2 rings (SSSR count). The molecule has 1 aromatic rings. The third kappa shape index (κ3) is 1.96. The first kappa shape index (κ1) is 12.9. The molecule has 4 heteroatoms. The lowest BCUT2D eigenvalue weighted by molar-refractivity contribution is -0.148. The number of rotatable bonds is 2. The standard InChI is InChI=1S/C14H18O4/c1-5-17-13(16)11-12-9(6-8(2)18-12)10(15)7-14(11,3)4/h6,11H,5,7H2,1-4H3. The van der Waals surface area contributed by atoms with Gasteiger partial charge in [-0.25, -0.2) is 0 Å². The molecule has 0 N–H and O–H groups in total. The van der Waals surface area contributed by atoms with Crippen molar-refractivity contribution in [3.05, 3.63) is 23.2 Å². The Labute approximate surface area is 106 Å². The number of esters is 1. The van der Waals surface area contributed by atoms with Gasteiger partial charge < -0.3 is 9.15 Å². The zero-order chi connectivity index (χ0) is 13.5. The number of carbonyl (C=O) groups excluding carboxylic acids is 2. The van der Waals surface area contributed by atoms with Crippen LogP contribution in [0.15, 0.2) is 10.5 Å². The van der Waals surface area contributed by atoms with Gasteiger partial charge in [0, 0.05) is 6.42 Å². The number of hydrogen-bond donors (Lipinski definition) is 0. The lowest BCUT2D eigenvalue weighted by Crippen LogP contribution is -2.36. The summed E-state index contributed by atoms with van der Waals surface area (Å²) in [5.41, 5.74) is 0.0607. The van der Waals surface area contributed by atoms with Gasteiger partial charge in [-0.1, -0.05) is 13.8 Å². The van der Waals surface area contributed by atoms with Crippen molar-refractivity contribution in [1.82, 2.24) is 0 Å². The quantitative estimate of drug-likeness (QED) is 0.757. The number of fused-ring (bicyclic) bond motifs is 1. The zero-order valence-electron chi connectivity index (χ0n) is 11.2. The molecule has 1 aromatic heterocycles. The summed E-state index contributed by atoms with van der Waals surface area (Å²) in [6.45, 7) is 7.67. The Balaban J connectivity index is 2.51.